The van der Waals surface area contributed by atoms with Gasteiger partial charge in [0.2, 0.25) is 0 Å². The summed E-state index contributed by atoms with van der Waals surface area (Å²) < 4.78 is 18.9. The van der Waals surface area contributed by atoms with Crippen LogP contribution in [0.2, 0.25) is 0 Å². The van der Waals surface area contributed by atoms with Crippen LogP contribution in [0.25, 0.3) is 11.4 Å². The molecule has 2 aromatic carbocycles. The lowest BCUT2D eigenvalue weighted by Crippen LogP contribution is -2.26. The lowest BCUT2D eigenvalue weighted by atomic mass is 10.2. The summed E-state index contributed by atoms with van der Waals surface area (Å²) in [5, 5.41) is 5.92. The molecule has 0 saturated heterocycles. The zero-order chi connectivity index (χ0) is 20.5. The number of halogens is 1. The van der Waals surface area contributed by atoms with Crippen molar-refractivity contribution in [2.45, 2.75) is 13.0 Å². The van der Waals surface area contributed by atoms with Crippen LogP contribution in [0.5, 0.6) is 0 Å². The summed E-state index contributed by atoms with van der Waals surface area (Å²) in [4.78, 5) is 21.4. The number of carbonyl (C=O) groups is 1. The first-order valence-electron chi connectivity index (χ1n) is 9.36. The second-order valence-corrected chi connectivity index (χ2v) is 6.38. The molecule has 2 N–H and O–H groups in total. The molecule has 1 aromatic heterocycles. The molecular weight excluding hydrogens is 371 g/mol. The maximum absolute atomic E-state index is 13.9. The van der Waals surface area contributed by atoms with Gasteiger partial charge in [0.15, 0.2) is 5.82 Å². The molecule has 0 aliphatic heterocycles. The highest BCUT2D eigenvalue weighted by atomic mass is 19.1. The molecule has 0 unspecified atom stereocenters. The Balaban J connectivity index is 1.82. The molecule has 0 atom stereocenters. The number of benzene rings is 2. The van der Waals surface area contributed by atoms with Crippen molar-refractivity contribution in [1.29, 1.82) is 0 Å². The Morgan fingerprint density at radius 2 is 1.83 bits per heavy atom. The van der Waals surface area contributed by atoms with E-state index in [1.54, 1.807) is 31.4 Å². The quantitative estimate of drug-likeness (QED) is 0.542. The van der Waals surface area contributed by atoms with Crippen molar-refractivity contribution in [2.24, 2.45) is 0 Å². The van der Waals surface area contributed by atoms with Gasteiger partial charge in [-0.05, 0) is 12.5 Å². The van der Waals surface area contributed by atoms with E-state index in [2.05, 4.69) is 20.6 Å². The van der Waals surface area contributed by atoms with Crippen LogP contribution >= 0.6 is 0 Å². The van der Waals surface area contributed by atoms with E-state index >= 15 is 0 Å². The molecule has 3 aromatic rings. The molecule has 150 valence electrons. The van der Waals surface area contributed by atoms with Crippen LogP contribution in [-0.4, -0.2) is 36.1 Å². The number of methoxy groups -OCH3 is 1. The molecule has 1 amide bonds. The monoisotopic (exact) mass is 394 g/mol. The first kappa shape index (κ1) is 20.4. The Kier molecular flexibility index (Phi) is 7.24. The summed E-state index contributed by atoms with van der Waals surface area (Å²) in [6.07, 6.45) is 0.706. The normalized spacial score (nSPS) is 10.6. The van der Waals surface area contributed by atoms with Gasteiger partial charge in [-0.15, -0.1) is 0 Å². The Hall–Kier alpha value is -3.32. The van der Waals surface area contributed by atoms with Crippen molar-refractivity contribution >= 4 is 11.7 Å². The van der Waals surface area contributed by atoms with E-state index in [4.69, 9.17) is 4.74 Å². The van der Waals surface area contributed by atoms with E-state index in [0.717, 1.165) is 5.56 Å². The number of carbonyl (C=O) groups excluding carboxylic acids is 1. The first-order valence-corrected chi connectivity index (χ1v) is 9.36. The smallest absolute Gasteiger partial charge is 0.270 e. The summed E-state index contributed by atoms with van der Waals surface area (Å²) >= 11 is 0. The molecular formula is C22H23FN4O2. The number of aromatic nitrogens is 2. The fraction of sp³-hybridized carbons (Fsp3) is 0.227. The zero-order valence-corrected chi connectivity index (χ0v) is 16.2. The SMILES string of the molecule is COCCCNC(=O)c1cc(NCc2ccccc2F)nc(-c2ccccc2)n1. The Bertz CT molecular complexity index is 951. The molecule has 3 rings (SSSR count). The highest BCUT2D eigenvalue weighted by molar-refractivity contribution is 5.93. The molecule has 7 heteroatoms. The van der Waals surface area contributed by atoms with Crippen molar-refractivity contribution in [3.05, 3.63) is 77.7 Å². The first-order chi connectivity index (χ1) is 14.2. The van der Waals surface area contributed by atoms with Gasteiger partial charge in [0.1, 0.15) is 17.3 Å². The Morgan fingerprint density at radius 3 is 2.59 bits per heavy atom. The third-order valence-electron chi connectivity index (χ3n) is 4.22. The fourth-order valence-electron chi connectivity index (χ4n) is 2.71. The van der Waals surface area contributed by atoms with E-state index in [9.17, 15) is 9.18 Å². The minimum absolute atomic E-state index is 0.243. The second-order valence-electron chi connectivity index (χ2n) is 6.38. The third-order valence-corrected chi connectivity index (χ3v) is 4.22. The fourth-order valence-corrected chi connectivity index (χ4v) is 2.71. The Morgan fingerprint density at radius 1 is 1.07 bits per heavy atom. The molecule has 0 fully saturated rings. The third kappa shape index (κ3) is 5.83. The molecule has 0 aliphatic carbocycles. The number of nitrogens with one attached hydrogen (secondary N) is 2. The van der Waals surface area contributed by atoms with Gasteiger partial charge < -0.3 is 15.4 Å². The molecule has 6 nitrogen and oxygen atoms in total. The predicted molar refractivity (Wildman–Crippen MR) is 110 cm³/mol. The van der Waals surface area contributed by atoms with E-state index in [-0.39, 0.29) is 24.0 Å². The minimum Gasteiger partial charge on any atom is -0.385 e. The maximum atomic E-state index is 13.9. The lowest BCUT2D eigenvalue weighted by Gasteiger charge is -2.11. The van der Waals surface area contributed by atoms with Crippen molar-refractivity contribution in [3.63, 3.8) is 0 Å². The number of hydrogen-bond acceptors (Lipinski definition) is 5. The average molecular weight is 394 g/mol. The summed E-state index contributed by atoms with van der Waals surface area (Å²) in [7, 11) is 1.62. The molecule has 0 saturated carbocycles. The van der Waals surface area contributed by atoms with Crippen LogP contribution in [0.4, 0.5) is 10.2 Å². The second kappa shape index (κ2) is 10.3. The van der Waals surface area contributed by atoms with Gasteiger partial charge >= 0.3 is 0 Å². The minimum atomic E-state index is -0.298. The average Bonchev–Trinajstić information content (AvgIpc) is 2.76. The standard InChI is InChI=1S/C22H23FN4O2/c1-29-13-7-12-24-22(28)19-14-20(25-15-17-10-5-6-11-18(17)23)27-21(26-19)16-8-3-2-4-9-16/h2-6,8-11,14H,7,12-13,15H2,1H3,(H,24,28)(H,25,26,27). The highest BCUT2D eigenvalue weighted by Gasteiger charge is 2.13. The molecule has 0 spiro atoms. The highest BCUT2D eigenvalue weighted by Crippen LogP contribution is 2.19. The Labute approximate surface area is 169 Å². The van der Waals surface area contributed by atoms with Crippen molar-refractivity contribution in [2.75, 3.05) is 25.6 Å². The largest absolute Gasteiger partial charge is 0.385 e. The summed E-state index contributed by atoms with van der Waals surface area (Å²) in [6.45, 7) is 1.29. The molecule has 0 bridgehead atoms. The molecule has 0 aliphatic rings. The van der Waals surface area contributed by atoms with E-state index in [1.807, 2.05) is 30.3 Å². The predicted octanol–water partition coefficient (Wildman–Crippen LogP) is 3.66. The number of nitrogens with zero attached hydrogens (tertiary/aromatic N) is 2. The van der Waals surface area contributed by atoms with Crippen molar-refractivity contribution < 1.29 is 13.9 Å². The van der Waals surface area contributed by atoms with Crippen molar-refractivity contribution in [3.8, 4) is 11.4 Å². The van der Waals surface area contributed by atoms with E-state index < -0.39 is 0 Å². The lowest BCUT2D eigenvalue weighted by molar-refractivity contribution is 0.0943. The zero-order valence-electron chi connectivity index (χ0n) is 16.2. The number of rotatable bonds is 9. The van der Waals surface area contributed by atoms with Gasteiger partial charge in [0.05, 0.1) is 0 Å². The van der Waals surface area contributed by atoms with Gasteiger partial charge in [0.25, 0.3) is 5.91 Å². The number of anilines is 1. The topological polar surface area (TPSA) is 76.1 Å². The summed E-state index contributed by atoms with van der Waals surface area (Å²) in [6, 6.07) is 17.5. The van der Waals surface area contributed by atoms with Gasteiger partial charge in [-0.3, -0.25) is 4.79 Å². The summed E-state index contributed by atoms with van der Waals surface area (Å²) in [5.74, 6) is 0.276. The number of ether oxygens (including phenoxy) is 1. The van der Waals surface area contributed by atoms with Gasteiger partial charge in [0, 0.05) is 44.0 Å². The maximum Gasteiger partial charge on any atom is 0.270 e. The molecule has 1 heterocycles. The van der Waals surface area contributed by atoms with Gasteiger partial charge in [-0.1, -0.05) is 48.5 Å². The number of amides is 1. The molecule has 0 radical (unpaired) electrons. The van der Waals surface area contributed by atoms with Crippen LogP contribution in [0.15, 0.2) is 60.7 Å². The van der Waals surface area contributed by atoms with Crippen LogP contribution in [-0.2, 0) is 11.3 Å². The molecule has 29 heavy (non-hydrogen) atoms. The van der Waals surface area contributed by atoms with Gasteiger partial charge in [-0.2, -0.15) is 0 Å². The van der Waals surface area contributed by atoms with Crippen LogP contribution in [0.3, 0.4) is 0 Å². The number of hydrogen-bond donors (Lipinski definition) is 2. The van der Waals surface area contributed by atoms with E-state index in [1.165, 1.54) is 6.07 Å². The van der Waals surface area contributed by atoms with Gasteiger partial charge in [-0.25, -0.2) is 14.4 Å². The van der Waals surface area contributed by atoms with Crippen LogP contribution < -0.4 is 10.6 Å². The van der Waals surface area contributed by atoms with Crippen molar-refractivity contribution in [1.82, 2.24) is 15.3 Å². The van der Waals surface area contributed by atoms with Crippen LogP contribution in [0, 0.1) is 5.82 Å². The van der Waals surface area contributed by atoms with Crippen LogP contribution in [0.1, 0.15) is 22.5 Å². The van der Waals surface area contributed by atoms with E-state index in [0.29, 0.717) is 36.8 Å². The summed E-state index contributed by atoms with van der Waals surface area (Å²) in [5.41, 5.74) is 1.54.